The molecule has 7 heteroatoms. The number of nitrogens with zero attached hydrogens (tertiary/aromatic N) is 3. The topological polar surface area (TPSA) is 59.8 Å². The Balaban J connectivity index is 1.52. The zero-order chi connectivity index (χ0) is 23.9. The van der Waals surface area contributed by atoms with Crippen LogP contribution in [0.4, 0.5) is 0 Å². The van der Waals surface area contributed by atoms with E-state index in [-0.39, 0.29) is 12.5 Å². The highest BCUT2D eigenvalue weighted by Crippen LogP contribution is 2.29. The van der Waals surface area contributed by atoms with Crippen molar-refractivity contribution >= 4 is 29.3 Å². The maximum Gasteiger partial charge on any atom is 0.220 e. The first-order chi connectivity index (χ1) is 16.5. The van der Waals surface area contributed by atoms with Crippen LogP contribution in [0, 0.1) is 13.8 Å². The number of halogens is 1. The van der Waals surface area contributed by atoms with Gasteiger partial charge in [-0.1, -0.05) is 84.0 Å². The van der Waals surface area contributed by atoms with Gasteiger partial charge < -0.3 is 5.32 Å². The highest BCUT2D eigenvalue weighted by Gasteiger charge is 2.17. The number of hydrogen-bond donors (Lipinski definition) is 1. The summed E-state index contributed by atoms with van der Waals surface area (Å²) in [6.07, 6.45) is 1.12. The van der Waals surface area contributed by atoms with Gasteiger partial charge in [0.25, 0.3) is 0 Å². The minimum atomic E-state index is -0.0182. The van der Waals surface area contributed by atoms with Crippen molar-refractivity contribution in [3.8, 4) is 5.69 Å². The number of nitrogens with one attached hydrogen (secondary N) is 1. The average Bonchev–Trinajstić information content (AvgIpc) is 3.25. The molecule has 34 heavy (non-hydrogen) atoms. The Labute approximate surface area is 209 Å². The zero-order valence-corrected chi connectivity index (χ0v) is 20.9. The lowest BCUT2D eigenvalue weighted by atomic mass is 10.1. The molecule has 1 N–H and O–H groups in total. The number of benzene rings is 3. The fourth-order valence-electron chi connectivity index (χ4n) is 3.66. The molecule has 0 aliphatic carbocycles. The molecule has 4 aromatic rings. The molecule has 0 radical (unpaired) electrons. The average molecular weight is 491 g/mol. The third kappa shape index (κ3) is 6.07. The summed E-state index contributed by atoms with van der Waals surface area (Å²) in [5, 5.41) is 13.3. The van der Waals surface area contributed by atoms with Crippen molar-refractivity contribution in [2.45, 2.75) is 44.1 Å². The van der Waals surface area contributed by atoms with Crippen LogP contribution >= 0.6 is 23.4 Å². The molecule has 4 rings (SSSR count). The molecular formula is C27H27ClN4OS. The Bertz CT molecular complexity index is 1270. The van der Waals surface area contributed by atoms with Gasteiger partial charge in [-0.3, -0.25) is 9.36 Å². The summed E-state index contributed by atoms with van der Waals surface area (Å²) in [4.78, 5) is 12.5. The highest BCUT2D eigenvalue weighted by atomic mass is 35.5. The lowest BCUT2D eigenvalue weighted by Crippen LogP contribution is -2.25. The Morgan fingerprint density at radius 2 is 1.74 bits per heavy atom. The lowest BCUT2D eigenvalue weighted by Gasteiger charge is -2.14. The first-order valence-corrected chi connectivity index (χ1v) is 12.6. The van der Waals surface area contributed by atoms with Crippen LogP contribution in [0.3, 0.4) is 0 Å². The molecule has 174 valence electrons. The summed E-state index contributed by atoms with van der Waals surface area (Å²) in [5.41, 5.74) is 5.61. The molecule has 0 aliphatic rings. The maximum atomic E-state index is 12.5. The molecule has 1 aromatic heterocycles. The van der Waals surface area contributed by atoms with E-state index < -0.39 is 0 Å². The third-order valence-electron chi connectivity index (χ3n) is 5.66. The molecule has 0 unspecified atom stereocenters. The van der Waals surface area contributed by atoms with Crippen molar-refractivity contribution in [2.75, 3.05) is 0 Å². The van der Waals surface area contributed by atoms with Gasteiger partial charge >= 0.3 is 0 Å². The van der Waals surface area contributed by atoms with Crippen LogP contribution in [0.15, 0.2) is 78.0 Å². The summed E-state index contributed by atoms with van der Waals surface area (Å²) in [5.74, 6) is 1.43. The number of carbonyl (C=O) groups excluding carboxylic acids is 1. The van der Waals surface area contributed by atoms with Crippen molar-refractivity contribution in [1.29, 1.82) is 0 Å². The first-order valence-electron chi connectivity index (χ1n) is 11.2. The van der Waals surface area contributed by atoms with Gasteiger partial charge in [0, 0.05) is 17.2 Å². The van der Waals surface area contributed by atoms with Crippen molar-refractivity contribution in [3.05, 3.63) is 106 Å². The molecule has 3 aromatic carbocycles. The van der Waals surface area contributed by atoms with Gasteiger partial charge in [0.2, 0.25) is 5.91 Å². The first kappa shape index (κ1) is 24.0. The van der Waals surface area contributed by atoms with E-state index in [1.54, 1.807) is 11.8 Å². The lowest BCUT2D eigenvalue weighted by molar-refractivity contribution is -0.121. The molecule has 5 nitrogen and oxygen atoms in total. The summed E-state index contributed by atoms with van der Waals surface area (Å²) < 4.78 is 2.00. The number of amides is 1. The second-order valence-corrected chi connectivity index (χ2v) is 9.52. The number of aromatic nitrogens is 3. The van der Waals surface area contributed by atoms with Gasteiger partial charge in [-0.25, -0.2) is 0 Å². The number of carbonyl (C=O) groups is 1. The fourth-order valence-corrected chi connectivity index (χ4v) is 4.86. The van der Waals surface area contributed by atoms with E-state index in [0.29, 0.717) is 23.7 Å². The Hall–Kier alpha value is -3.09. The third-order valence-corrected chi connectivity index (χ3v) is 6.87. The Morgan fingerprint density at radius 1 is 0.971 bits per heavy atom. The van der Waals surface area contributed by atoms with Gasteiger partial charge in [-0.15, -0.1) is 10.2 Å². The molecule has 0 bridgehead atoms. The summed E-state index contributed by atoms with van der Waals surface area (Å²) in [7, 11) is 0. The molecule has 0 saturated carbocycles. The van der Waals surface area contributed by atoms with E-state index in [1.807, 2.05) is 72.2 Å². The number of hydrogen-bond acceptors (Lipinski definition) is 4. The summed E-state index contributed by atoms with van der Waals surface area (Å²) >= 11 is 7.95. The molecule has 1 amide bonds. The van der Waals surface area contributed by atoms with Crippen molar-refractivity contribution < 1.29 is 4.79 Å². The minimum Gasteiger partial charge on any atom is -0.349 e. The normalized spacial score (nSPS) is 10.9. The van der Waals surface area contributed by atoms with Gasteiger partial charge in [0.1, 0.15) is 0 Å². The molecule has 0 spiro atoms. The van der Waals surface area contributed by atoms with E-state index in [4.69, 9.17) is 11.6 Å². The van der Waals surface area contributed by atoms with Gasteiger partial charge in [0.05, 0.1) is 12.2 Å². The van der Waals surface area contributed by atoms with Crippen molar-refractivity contribution in [1.82, 2.24) is 20.1 Å². The molecule has 0 atom stereocenters. The number of thioether (sulfide) groups is 1. The summed E-state index contributed by atoms with van der Waals surface area (Å²) in [6, 6.07) is 24.1. The zero-order valence-electron chi connectivity index (χ0n) is 19.3. The SMILES string of the molecule is Cc1ccccc1CSc1nnc(CNC(=O)CCc2ccccc2)n1-c1cc(Cl)ccc1C. The monoisotopic (exact) mass is 490 g/mol. The van der Waals surface area contributed by atoms with E-state index in [9.17, 15) is 4.79 Å². The molecule has 0 aliphatic heterocycles. The predicted octanol–water partition coefficient (Wildman–Crippen LogP) is 6.08. The van der Waals surface area contributed by atoms with E-state index in [1.165, 1.54) is 11.1 Å². The predicted molar refractivity (Wildman–Crippen MR) is 138 cm³/mol. The fraction of sp³-hybridized carbons (Fsp3) is 0.222. The highest BCUT2D eigenvalue weighted by molar-refractivity contribution is 7.98. The van der Waals surface area contributed by atoms with Gasteiger partial charge in [0.15, 0.2) is 11.0 Å². The Morgan fingerprint density at radius 3 is 2.53 bits per heavy atom. The van der Waals surface area contributed by atoms with Crippen LogP contribution in [-0.4, -0.2) is 20.7 Å². The van der Waals surface area contributed by atoms with Crippen LogP contribution in [-0.2, 0) is 23.5 Å². The van der Waals surface area contributed by atoms with E-state index in [0.717, 1.165) is 27.7 Å². The second-order valence-electron chi connectivity index (χ2n) is 8.14. The number of rotatable bonds is 9. The van der Waals surface area contributed by atoms with Crippen molar-refractivity contribution in [3.63, 3.8) is 0 Å². The van der Waals surface area contributed by atoms with Crippen LogP contribution < -0.4 is 5.32 Å². The van der Waals surface area contributed by atoms with E-state index >= 15 is 0 Å². The standard InChI is InChI=1S/C27H27ClN4OS/c1-19-8-6-7-11-22(19)18-34-27-31-30-25(32(27)24-16-23(28)14-12-20(24)2)17-29-26(33)15-13-21-9-4-3-5-10-21/h3-12,14,16H,13,15,17-18H2,1-2H3,(H,29,33). The van der Waals surface area contributed by atoms with Crippen LogP contribution in [0.1, 0.15) is 34.5 Å². The minimum absolute atomic E-state index is 0.0182. The van der Waals surface area contributed by atoms with E-state index in [2.05, 4.69) is 34.6 Å². The Kier molecular flexibility index (Phi) is 8.03. The van der Waals surface area contributed by atoms with Crippen molar-refractivity contribution in [2.24, 2.45) is 0 Å². The van der Waals surface area contributed by atoms with Crippen LogP contribution in [0.2, 0.25) is 5.02 Å². The largest absolute Gasteiger partial charge is 0.349 e. The second kappa shape index (κ2) is 11.4. The quantitative estimate of drug-likeness (QED) is 0.289. The van der Waals surface area contributed by atoms with Gasteiger partial charge in [-0.05, 0) is 54.7 Å². The maximum absolute atomic E-state index is 12.5. The molecular weight excluding hydrogens is 464 g/mol. The van der Waals surface area contributed by atoms with Gasteiger partial charge in [-0.2, -0.15) is 0 Å². The number of aryl methyl sites for hydroxylation is 3. The molecule has 0 saturated heterocycles. The van der Waals surface area contributed by atoms with Crippen LogP contribution in [0.5, 0.6) is 0 Å². The smallest absolute Gasteiger partial charge is 0.220 e. The molecule has 0 fully saturated rings. The molecule has 1 heterocycles. The summed E-state index contributed by atoms with van der Waals surface area (Å²) in [6.45, 7) is 4.43. The van der Waals surface area contributed by atoms with Crippen LogP contribution in [0.25, 0.3) is 5.69 Å².